The number of hydrogen-bond donors (Lipinski definition) is 1. The van der Waals surface area contributed by atoms with Gasteiger partial charge in [0.05, 0.1) is 0 Å². The van der Waals surface area contributed by atoms with E-state index >= 15 is 0 Å². The van der Waals surface area contributed by atoms with Crippen LogP contribution in [0.3, 0.4) is 0 Å². The van der Waals surface area contributed by atoms with Crippen LogP contribution in [0.15, 0.2) is 0 Å². The summed E-state index contributed by atoms with van der Waals surface area (Å²) in [6.07, 6.45) is 2.48. The van der Waals surface area contributed by atoms with E-state index in [1.807, 2.05) is 6.92 Å². The average molecular weight is 170 g/mol. The number of likely N-dealkylation sites (tertiary alicyclic amines) is 1. The standard InChI is InChI=1S/C8H14N2O2/c1-2-9-8(12)7-4-3-5-10(7)6-11/h6-7H,2-5H2,1H3,(H,9,12). The first-order valence-electron chi connectivity index (χ1n) is 4.28. The number of amides is 2. The zero-order valence-corrected chi connectivity index (χ0v) is 7.25. The van der Waals surface area contributed by atoms with Crippen LogP contribution in [0, 0.1) is 0 Å². The summed E-state index contributed by atoms with van der Waals surface area (Å²) in [5.41, 5.74) is 0. The van der Waals surface area contributed by atoms with Crippen LogP contribution in [-0.2, 0) is 9.59 Å². The summed E-state index contributed by atoms with van der Waals surface area (Å²) in [5, 5.41) is 2.71. The lowest BCUT2D eigenvalue weighted by atomic mass is 10.2. The van der Waals surface area contributed by atoms with E-state index in [1.54, 1.807) is 4.90 Å². The summed E-state index contributed by atoms with van der Waals surface area (Å²) in [7, 11) is 0. The molecule has 0 aromatic carbocycles. The first kappa shape index (κ1) is 9.03. The largest absolute Gasteiger partial charge is 0.355 e. The van der Waals surface area contributed by atoms with Crippen LogP contribution in [-0.4, -0.2) is 36.3 Å². The van der Waals surface area contributed by atoms with Gasteiger partial charge in [-0.15, -0.1) is 0 Å². The molecule has 1 fully saturated rings. The Morgan fingerprint density at radius 2 is 2.50 bits per heavy atom. The van der Waals surface area contributed by atoms with Crippen molar-refractivity contribution in [1.82, 2.24) is 10.2 Å². The molecule has 0 aromatic heterocycles. The number of carbonyl (C=O) groups is 2. The monoisotopic (exact) mass is 170 g/mol. The molecule has 1 N–H and O–H groups in total. The Kier molecular flexibility index (Phi) is 3.08. The minimum Gasteiger partial charge on any atom is -0.355 e. The highest BCUT2D eigenvalue weighted by Crippen LogP contribution is 2.14. The quantitative estimate of drug-likeness (QED) is 0.593. The molecule has 12 heavy (non-hydrogen) atoms. The van der Waals surface area contributed by atoms with Crippen molar-refractivity contribution in [2.24, 2.45) is 0 Å². The Hall–Kier alpha value is -1.06. The van der Waals surface area contributed by atoms with Crippen LogP contribution in [0.2, 0.25) is 0 Å². The van der Waals surface area contributed by atoms with E-state index in [9.17, 15) is 9.59 Å². The molecule has 1 atom stereocenters. The van der Waals surface area contributed by atoms with Crippen LogP contribution in [0.5, 0.6) is 0 Å². The van der Waals surface area contributed by atoms with E-state index < -0.39 is 0 Å². The van der Waals surface area contributed by atoms with Gasteiger partial charge < -0.3 is 10.2 Å². The third-order valence-electron chi connectivity index (χ3n) is 2.08. The zero-order valence-electron chi connectivity index (χ0n) is 7.25. The normalized spacial score (nSPS) is 22.4. The summed E-state index contributed by atoms with van der Waals surface area (Å²) in [4.78, 5) is 23.3. The zero-order chi connectivity index (χ0) is 8.97. The Balaban J connectivity index is 2.49. The van der Waals surface area contributed by atoms with Gasteiger partial charge in [-0.1, -0.05) is 0 Å². The molecule has 2 amide bonds. The van der Waals surface area contributed by atoms with Crippen molar-refractivity contribution in [2.75, 3.05) is 13.1 Å². The maximum atomic E-state index is 11.3. The Bertz CT molecular complexity index is 182. The van der Waals surface area contributed by atoms with Crippen molar-refractivity contribution in [3.8, 4) is 0 Å². The highest BCUT2D eigenvalue weighted by Gasteiger charge is 2.28. The molecule has 0 aliphatic carbocycles. The molecular weight excluding hydrogens is 156 g/mol. The van der Waals surface area contributed by atoms with Crippen molar-refractivity contribution in [2.45, 2.75) is 25.8 Å². The molecule has 1 aliphatic heterocycles. The highest BCUT2D eigenvalue weighted by atomic mass is 16.2. The predicted octanol–water partition coefficient (Wildman–Crippen LogP) is -0.257. The van der Waals surface area contributed by atoms with Crippen molar-refractivity contribution >= 4 is 12.3 Å². The number of likely N-dealkylation sites (N-methyl/N-ethyl adjacent to an activating group) is 1. The molecule has 1 unspecified atom stereocenters. The Morgan fingerprint density at radius 3 is 3.08 bits per heavy atom. The summed E-state index contributed by atoms with van der Waals surface area (Å²) in [6, 6.07) is -0.220. The average Bonchev–Trinajstić information content (AvgIpc) is 2.51. The fourth-order valence-corrected chi connectivity index (χ4v) is 1.49. The minimum atomic E-state index is -0.220. The number of hydrogen-bond acceptors (Lipinski definition) is 2. The van der Waals surface area contributed by atoms with Crippen molar-refractivity contribution < 1.29 is 9.59 Å². The maximum absolute atomic E-state index is 11.3. The first-order chi connectivity index (χ1) is 5.79. The van der Waals surface area contributed by atoms with Gasteiger partial charge in [-0.2, -0.15) is 0 Å². The molecule has 4 nitrogen and oxygen atoms in total. The summed E-state index contributed by atoms with van der Waals surface area (Å²) in [5.74, 6) is -0.0258. The van der Waals surface area contributed by atoms with Gasteiger partial charge in [0.25, 0.3) is 0 Å². The van der Waals surface area contributed by atoms with E-state index in [0.29, 0.717) is 13.1 Å². The van der Waals surface area contributed by atoms with Gasteiger partial charge in [-0.25, -0.2) is 0 Å². The second-order valence-corrected chi connectivity index (χ2v) is 2.90. The fraction of sp³-hybridized carbons (Fsp3) is 0.750. The molecule has 1 heterocycles. The number of nitrogens with zero attached hydrogens (tertiary/aromatic N) is 1. The van der Waals surface area contributed by atoms with Gasteiger partial charge in [0, 0.05) is 13.1 Å². The number of carbonyl (C=O) groups excluding carboxylic acids is 2. The smallest absolute Gasteiger partial charge is 0.242 e. The summed E-state index contributed by atoms with van der Waals surface area (Å²) >= 11 is 0. The minimum absolute atomic E-state index is 0.0258. The van der Waals surface area contributed by atoms with Crippen LogP contribution in [0.4, 0.5) is 0 Å². The van der Waals surface area contributed by atoms with Crippen molar-refractivity contribution in [3.63, 3.8) is 0 Å². The van der Waals surface area contributed by atoms with Gasteiger partial charge in [-0.3, -0.25) is 9.59 Å². The van der Waals surface area contributed by atoms with Gasteiger partial charge in [0.15, 0.2) is 0 Å². The van der Waals surface area contributed by atoms with E-state index in [4.69, 9.17) is 0 Å². The molecule has 1 rings (SSSR count). The Morgan fingerprint density at radius 1 is 1.75 bits per heavy atom. The van der Waals surface area contributed by atoms with E-state index in [-0.39, 0.29) is 11.9 Å². The molecule has 0 aromatic rings. The molecule has 0 saturated carbocycles. The van der Waals surface area contributed by atoms with Crippen LogP contribution in [0.25, 0.3) is 0 Å². The lowest BCUT2D eigenvalue weighted by Crippen LogP contribution is -2.42. The lowest BCUT2D eigenvalue weighted by Gasteiger charge is -2.18. The van der Waals surface area contributed by atoms with Gasteiger partial charge in [0.2, 0.25) is 12.3 Å². The summed E-state index contributed by atoms with van der Waals surface area (Å²) < 4.78 is 0. The number of rotatable bonds is 3. The lowest BCUT2D eigenvalue weighted by molar-refractivity contribution is -0.131. The first-order valence-corrected chi connectivity index (χ1v) is 4.28. The summed E-state index contributed by atoms with van der Waals surface area (Å²) in [6.45, 7) is 3.21. The molecular formula is C8H14N2O2. The fourth-order valence-electron chi connectivity index (χ4n) is 1.49. The third-order valence-corrected chi connectivity index (χ3v) is 2.08. The SMILES string of the molecule is CCNC(=O)C1CCCN1C=O. The number of nitrogens with one attached hydrogen (secondary N) is 1. The molecule has 68 valence electrons. The predicted molar refractivity (Wildman–Crippen MR) is 44.5 cm³/mol. The van der Waals surface area contributed by atoms with E-state index in [1.165, 1.54) is 0 Å². The van der Waals surface area contributed by atoms with Crippen LogP contribution < -0.4 is 5.32 Å². The maximum Gasteiger partial charge on any atom is 0.242 e. The molecule has 0 radical (unpaired) electrons. The topological polar surface area (TPSA) is 49.4 Å². The second-order valence-electron chi connectivity index (χ2n) is 2.90. The third kappa shape index (κ3) is 1.75. The van der Waals surface area contributed by atoms with E-state index in [0.717, 1.165) is 19.3 Å². The van der Waals surface area contributed by atoms with Crippen LogP contribution in [0.1, 0.15) is 19.8 Å². The molecule has 1 saturated heterocycles. The van der Waals surface area contributed by atoms with Gasteiger partial charge in [0.1, 0.15) is 6.04 Å². The second kappa shape index (κ2) is 4.09. The van der Waals surface area contributed by atoms with E-state index in [2.05, 4.69) is 5.32 Å². The molecule has 1 aliphatic rings. The van der Waals surface area contributed by atoms with Crippen LogP contribution >= 0.6 is 0 Å². The van der Waals surface area contributed by atoms with Crippen molar-refractivity contribution in [3.05, 3.63) is 0 Å². The van der Waals surface area contributed by atoms with Gasteiger partial charge in [-0.05, 0) is 19.8 Å². The highest BCUT2D eigenvalue weighted by molar-refractivity contribution is 5.83. The van der Waals surface area contributed by atoms with Crippen molar-refractivity contribution in [1.29, 1.82) is 0 Å². The molecule has 0 spiro atoms. The van der Waals surface area contributed by atoms with Gasteiger partial charge >= 0.3 is 0 Å². The molecule has 4 heteroatoms. The molecule has 0 bridgehead atoms. The Labute approximate surface area is 71.9 Å².